The van der Waals surface area contributed by atoms with Crippen LogP contribution < -0.4 is 19.5 Å². The van der Waals surface area contributed by atoms with Crippen molar-refractivity contribution in [3.8, 4) is 28.4 Å². The Balaban J connectivity index is 1.48. The van der Waals surface area contributed by atoms with Crippen molar-refractivity contribution in [2.45, 2.75) is 12.5 Å². The van der Waals surface area contributed by atoms with Crippen LogP contribution in [0.25, 0.3) is 11.1 Å². The summed E-state index contributed by atoms with van der Waals surface area (Å²) in [6.45, 7) is 1.59. The van der Waals surface area contributed by atoms with Gasteiger partial charge in [-0.3, -0.25) is 9.89 Å². The lowest BCUT2D eigenvalue weighted by Gasteiger charge is -2.26. The van der Waals surface area contributed by atoms with E-state index in [-0.39, 0.29) is 12.5 Å². The van der Waals surface area contributed by atoms with Crippen molar-refractivity contribution in [1.29, 1.82) is 0 Å². The number of nitrogens with one attached hydrogen (secondary N) is 2. The lowest BCUT2D eigenvalue weighted by Crippen LogP contribution is -2.40. The van der Waals surface area contributed by atoms with Gasteiger partial charge < -0.3 is 24.4 Å². The third-order valence-electron chi connectivity index (χ3n) is 4.88. The number of para-hydroxylation sites is 2. The largest absolute Gasteiger partial charge is 0.491 e. The van der Waals surface area contributed by atoms with Crippen molar-refractivity contribution in [3.63, 3.8) is 0 Å². The third kappa shape index (κ3) is 5.16. The van der Waals surface area contributed by atoms with Gasteiger partial charge in [-0.15, -0.1) is 0 Å². The maximum absolute atomic E-state index is 12.9. The molecule has 3 aromatic rings. The molecule has 31 heavy (non-hydrogen) atoms. The highest BCUT2D eigenvalue weighted by molar-refractivity contribution is 5.96. The van der Waals surface area contributed by atoms with E-state index in [0.29, 0.717) is 29.5 Å². The first kappa shape index (κ1) is 20.7. The molecule has 1 aliphatic rings. The second kappa shape index (κ2) is 9.53. The molecule has 2 N–H and O–H groups in total. The highest BCUT2D eigenvalue weighted by atomic mass is 16.6. The van der Waals surface area contributed by atoms with Gasteiger partial charge in [0.2, 0.25) is 6.10 Å². The molecule has 0 saturated heterocycles. The fourth-order valence-electron chi connectivity index (χ4n) is 3.26. The molecule has 8 heteroatoms. The number of rotatable bonds is 8. The van der Waals surface area contributed by atoms with Crippen molar-refractivity contribution in [2.24, 2.45) is 0 Å². The number of ether oxygens (including phenoxy) is 3. The van der Waals surface area contributed by atoms with Gasteiger partial charge in [-0.1, -0.05) is 18.2 Å². The molecule has 0 saturated carbocycles. The number of benzene rings is 2. The number of hydrogen-bond donors (Lipinski definition) is 2. The number of amides is 1. The Morgan fingerprint density at radius 1 is 1.23 bits per heavy atom. The first-order chi connectivity index (χ1) is 15.1. The lowest BCUT2D eigenvalue weighted by molar-refractivity contribution is -0.125. The van der Waals surface area contributed by atoms with Gasteiger partial charge in [0.15, 0.2) is 11.5 Å². The van der Waals surface area contributed by atoms with E-state index in [9.17, 15) is 4.79 Å². The molecule has 1 aromatic heterocycles. The zero-order valence-corrected chi connectivity index (χ0v) is 17.6. The fourth-order valence-corrected chi connectivity index (χ4v) is 3.26. The van der Waals surface area contributed by atoms with Crippen LogP contribution >= 0.6 is 0 Å². The lowest BCUT2D eigenvalue weighted by atomic mass is 10.1. The van der Waals surface area contributed by atoms with Crippen LogP contribution in [0.2, 0.25) is 0 Å². The number of aromatic amines is 1. The number of aromatic nitrogens is 2. The Labute approximate surface area is 181 Å². The first-order valence-electron chi connectivity index (χ1n) is 10.2. The molecule has 0 bridgehead atoms. The van der Waals surface area contributed by atoms with Crippen LogP contribution in [0.5, 0.6) is 17.2 Å². The standard InChI is InChI=1S/C23H26N4O4/c1-27(2)10-5-11-29-21-12-16(17-13-24-25-14-17)8-9-18(21)26-23(28)22-15-30-19-6-3-4-7-20(19)31-22/h3-4,6-9,12-14,22H,5,10-11,15H2,1-2H3,(H,24,25)(H,26,28)/t22-/m1/s1. The molecule has 0 radical (unpaired) electrons. The number of carbonyl (C=O) groups excluding carboxylic acids is 1. The molecule has 4 rings (SSSR count). The van der Waals surface area contributed by atoms with Crippen LogP contribution in [0.3, 0.4) is 0 Å². The quantitative estimate of drug-likeness (QED) is 0.542. The molecule has 1 atom stereocenters. The highest BCUT2D eigenvalue weighted by Crippen LogP contribution is 2.33. The molecule has 0 unspecified atom stereocenters. The maximum Gasteiger partial charge on any atom is 0.269 e. The van der Waals surface area contributed by atoms with E-state index in [0.717, 1.165) is 24.1 Å². The van der Waals surface area contributed by atoms with Gasteiger partial charge in [-0.05, 0) is 50.3 Å². The van der Waals surface area contributed by atoms with E-state index < -0.39 is 6.10 Å². The zero-order valence-electron chi connectivity index (χ0n) is 17.6. The average molecular weight is 422 g/mol. The Kier molecular flexibility index (Phi) is 6.37. The molecular formula is C23H26N4O4. The minimum atomic E-state index is -0.745. The van der Waals surface area contributed by atoms with Gasteiger partial charge in [0.25, 0.3) is 5.91 Å². The van der Waals surface area contributed by atoms with Crippen molar-refractivity contribution >= 4 is 11.6 Å². The van der Waals surface area contributed by atoms with E-state index in [1.165, 1.54) is 0 Å². The number of fused-ring (bicyclic) bond motifs is 1. The topological polar surface area (TPSA) is 88.7 Å². The number of carbonyl (C=O) groups is 1. The summed E-state index contributed by atoms with van der Waals surface area (Å²) in [5.41, 5.74) is 2.47. The molecule has 0 aliphatic carbocycles. The number of H-pyrrole nitrogens is 1. The molecule has 2 heterocycles. The van der Waals surface area contributed by atoms with Gasteiger partial charge in [-0.25, -0.2) is 0 Å². The van der Waals surface area contributed by atoms with Crippen LogP contribution in [-0.4, -0.2) is 61.0 Å². The molecule has 8 nitrogen and oxygen atoms in total. The van der Waals surface area contributed by atoms with E-state index in [4.69, 9.17) is 14.2 Å². The molecular weight excluding hydrogens is 396 g/mol. The van der Waals surface area contributed by atoms with Crippen LogP contribution in [0, 0.1) is 0 Å². The average Bonchev–Trinajstić information content (AvgIpc) is 3.32. The number of hydrogen-bond acceptors (Lipinski definition) is 6. The summed E-state index contributed by atoms with van der Waals surface area (Å²) in [6.07, 6.45) is 3.68. The number of nitrogens with zero attached hydrogens (tertiary/aromatic N) is 2. The van der Waals surface area contributed by atoms with Crippen molar-refractivity contribution in [2.75, 3.05) is 39.2 Å². The Morgan fingerprint density at radius 2 is 2.06 bits per heavy atom. The number of anilines is 1. The molecule has 2 aromatic carbocycles. The van der Waals surface area contributed by atoms with Gasteiger partial charge >= 0.3 is 0 Å². The van der Waals surface area contributed by atoms with E-state index >= 15 is 0 Å². The summed E-state index contributed by atoms with van der Waals surface area (Å²) >= 11 is 0. The van der Waals surface area contributed by atoms with E-state index in [1.54, 1.807) is 12.3 Å². The Morgan fingerprint density at radius 3 is 2.84 bits per heavy atom. The monoisotopic (exact) mass is 422 g/mol. The SMILES string of the molecule is CN(C)CCCOc1cc(-c2cn[nH]c2)ccc1NC(=O)[C@H]1COc2ccccc2O1. The maximum atomic E-state index is 12.9. The zero-order chi connectivity index (χ0) is 21.6. The highest BCUT2D eigenvalue weighted by Gasteiger charge is 2.28. The fraction of sp³-hybridized carbons (Fsp3) is 0.304. The summed E-state index contributed by atoms with van der Waals surface area (Å²) < 4.78 is 17.5. The van der Waals surface area contributed by atoms with Gasteiger partial charge in [0, 0.05) is 18.3 Å². The molecule has 1 aliphatic heterocycles. The summed E-state index contributed by atoms with van der Waals surface area (Å²) in [5, 5.41) is 9.75. The third-order valence-corrected chi connectivity index (χ3v) is 4.88. The normalized spacial score (nSPS) is 15.0. The smallest absolute Gasteiger partial charge is 0.269 e. The second-order valence-corrected chi connectivity index (χ2v) is 7.56. The van der Waals surface area contributed by atoms with Gasteiger partial charge in [0.05, 0.1) is 18.5 Å². The summed E-state index contributed by atoms with van der Waals surface area (Å²) in [7, 11) is 4.05. The summed E-state index contributed by atoms with van der Waals surface area (Å²) in [5.74, 6) is 1.51. The van der Waals surface area contributed by atoms with Crippen molar-refractivity contribution in [3.05, 3.63) is 54.9 Å². The van der Waals surface area contributed by atoms with Crippen molar-refractivity contribution < 1.29 is 19.0 Å². The van der Waals surface area contributed by atoms with Crippen LogP contribution in [0.15, 0.2) is 54.9 Å². The first-order valence-corrected chi connectivity index (χ1v) is 10.2. The predicted molar refractivity (Wildman–Crippen MR) is 118 cm³/mol. The molecule has 0 fully saturated rings. The van der Waals surface area contributed by atoms with Gasteiger partial charge in [0.1, 0.15) is 12.4 Å². The van der Waals surface area contributed by atoms with Crippen LogP contribution in [0.1, 0.15) is 6.42 Å². The minimum absolute atomic E-state index is 0.148. The minimum Gasteiger partial charge on any atom is -0.491 e. The Bertz CT molecular complexity index is 1020. The van der Waals surface area contributed by atoms with E-state index in [2.05, 4.69) is 20.4 Å². The van der Waals surface area contributed by atoms with Crippen molar-refractivity contribution in [1.82, 2.24) is 15.1 Å². The second-order valence-electron chi connectivity index (χ2n) is 7.56. The van der Waals surface area contributed by atoms with Gasteiger partial charge in [-0.2, -0.15) is 5.10 Å². The molecule has 162 valence electrons. The predicted octanol–water partition coefficient (Wildman–Crippen LogP) is 3.19. The summed E-state index contributed by atoms with van der Waals surface area (Å²) in [6, 6.07) is 13.0. The van der Waals surface area contributed by atoms with Crippen LogP contribution in [-0.2, 0) is 4.79 Å². The van der Waals surface area contributed by atoms with E-state index in [1.807, 2.05) is 56.7 Å². The Hall–Kier alpha value is -3.52. The summed E-state index contributed by atoms with van der Waals surface area (Å²) in [4.78, 5) is 15.0. The molecule has 0 spiro atoms. The molecule has 1 amide bonds. The van der Waals surface area contributed by atoms with Crippen LogP contribution in [0.4, 0.5) is 5.69 Å².